The highest BCUT2D eigenvalue weighted by atomic mass is 15.3. The van der Waals surface area contributed by atoms with Gasteiger partial charge in [0.05, 0.1) is 0 Å². The molecule has 0 saturated heterocycles. The molecule has 2 rings (SSSR count). The molecule has 0 aliphatic heterocycles. The monoisotopic (exact) mass is 177 g/mol. The Balaban J connectivity index is 2.87. The summed E-state index contributed by atoms with van der Waals surface area (Å²) in [5, 5.41) is 7.16. The minimum absolute atomic E-state index is 0.632. The van der Waals surface area contributed by atoms with Crippen LogP contribution in [0, 0.1) is 13.8 Å². The second-order valence-corrected chi connectivity index (χ2v) is 2.89. The van der Waals surface area contributed by atoms with Crippen molar-refractivity contribution in [2.24, 2.45) is 0 Å². The molecule has 68 valence electrons. The predicted molar refractivity (Wildman–Crippen MR) is 49.8 cm³/mol. The number of fused-ring (bicyclic) bond motifs is 1. The van der Waals surface area contributed by atoms with E-state index < -0.39 is 0 Å². The number of aryl methyl sites for hydroxylation is 1. The van der Waals surface area contributed by atoms with Crippen LogP contribution in [0.25, 0.3) is 5.78 Å². The van der Waals surface area contributed by atoms with E-state index in [2.05, 4.69) is 20.4 Å². The highest BCUT2D eigenvalue weighted by Gasteiger charge is 2.08. The van der Waals surface area contributed by atoms with Gasteiger partial charge in [0.25, 0.3) is 5.78 Å². The van der Waals surface area contributed by atoms with Gasteiger partial charge in [0.15, 0.2) is 0 Å². The summed E-state index contributed by atoms with van der Waals surface area (Å²) in [6, 6.07) is 0. The van der Waals surface area contributed by atoms with E-state index >= 15 is 0 Å². The third-order valence-corrected chi connectivity index (χ3v) is 2.14. The van der Waals surface area contributed by atoms with Crippen LogP contribution in [-0.4, -0.2) is 26.6 Å². The number of hydrogen-bond acceptors (Lipinski definition) is 4. The van der Waals surface area contributed by atoms with Crippen LogP contribution in [-0.2, 0) is 0 Å². The average Bonchev–Trinajstić information content (AvgIpc) is 2.54. The van der Waals surface area contributed by atoms with Crippen molar-refractivity contribution in [3.8, 4) is 0 Å². The summed E-state index contributed by atoms with van der Waals surface area (Å²) in [6.45, 7) is 3.97. The van der Waals surface area contributed by atoms with Crippen LogP contribution in [0.3, 0.4) is 0 Å². The van der Waals surface area contributed by atoms with Gasteiger partial charge in [0.2, 0.25) is 0 Å². The van der Waals surface area contributed by atoms with E-state index in [1.807, 2.05) is 20.9 Å². The normalized spacial score (nSPS) is 10.7. The van der Waals surface area contributed by atoms with Gasteiger partial charge < -0.3 is 5.32 Å². The first kappa shape index (κ1) is 7.97. The van der Waals surface area contributed by atoms with Gasteiger partial charge in [-0.25, -0.2) is 4.98 Å². The molecule has 0 saturated carbocycles. The van der Waals surface area contributed by atoms with Crippen LogP contribution in [0.15, 0.2) is 6.33 Å². The molecule has 0 bridgehead atoms. The van der Waals surface area contributed by atoms with Gasteiger partial charge in [-0.05, 0) is 13.8 Å². The number of aromatic nitrogens is 4. The van der Waals surface area contributed by atoms with Crippen molar-refractivity contribution in [1.29, 1.82) is 0 Å². The SMILES string of the molecule is CNc1c(C)c(C)nc2ncnn12. The number of nitrogens with zero attached hydrogens (tertiary/aromatic N) is 4. The molecule has 0 atom stereocenters. The molecule has 0 radical (unpaired) electrons. The number of rotatable bonds is 1. The highest BCUT2D eigenvalue weighted by Crippen LogP contribution is 2.16. The zero-order valence-corrected chi connectivity index (χ0v) is 7.87. The lowest BCUT2D eigenvalue weighted by atomic mass is 10.2. The Bertz CT molecular complexity index is 445. The lowest BCUT2D eigenvalue weighted by molar-refractivity contribution is 0.919. The number of anilines is 1. The molecule has 0 aromatic carbocycles. The quantitative estimate of drug-likeness (QED) is 0.699. The molecule has 13 heavy (non-hydrogen) atoms. The molecular weight excluding hydrogens is 166 g/mol. The standard InChI is InChI=1S/C8H11N5/c1-5-6(2)12-8-10-4-11-13(8)7(5)9-3/h4,9H,1-3H3. The van der Waals surface area contributed by atoms with E-state index in [4.69, 9.17) is 0 Å². The van der Waals surface area contributed by atoms with E-state index in [0.29, 0.717) is 5.78 Å². The van der Waals surface area contributed by atoms with E-state index in [1.54, 1.807) is 4.52 Å². The Hall–Kier alpha value is -1.65. The summed E-state index contributed by atoms with van der Waals surface area (Å²) in [7, 11) is 1.86. The van der Waals surface area contributed by atoms with Crippen LogP contribution < -0.4 is 5.32 Å². The van der Waals surface area contributed by atoms with Crippen molar-refractivity contribution >= 4 is 11.6 Å². The fraction of sp³-hybridized carbons (Fsp3) is 0.375. The third-order valence-electron chi connectivity index (χ3n) is 2.14. The Morgan fingerprint density at radius 3 is 2.85 bits per heavy atom. The van der Waals surface area contributed by atoms with Gasteiger partial charge >= 0.3 is 0 Å². The lowest BCUT2D eigenvalue weighted by Crippen LogP contribution is -2.05. The van der Waals surface area contributed by atoms with Crippen molar-refractivity contribution in [2.75, 3.05) is 12.4 Å². The van der Waals surface area contributed by atoms with Gasteiger partial charge in [0.1, 0.15) is 12.1 Å². The Morgan fingerprint density at radius 1 is 1.38 bits per heavy atom. The average molecular weight is 177 g/mol. The van der Waals surface area contributed by atoms with Crippen molar-refractivity contribution in [3.63, 3.8) is 0 Å². The van der Waals surface area contributed by atoms with Crippen molar-refractivity contribution in [3.05, 3.63) is 17.6 Å². The van der Waals surface area contributed by atoms with Gasteiger partial charge in [-0.1, -0.05) is 0 Å². The zero-order valence-electron chi connectivity index (χ0n) is 7.87. The molecule has 2 heterocycles. The fourth-order valence-corrected chi connectivity index (χ4v) is 1.33. The van der Waals surface area contributed by atoms with E-state index in [1.165, 1.54) is 6.33 Å². The third kappa shape index (κ3) is 1.04. The second-order valence-electron chi connectivity index (χ2n) is 2.89. The van der Waals surface area contributed by atoms with Crippen LogP contribution in [0.2, 0.25) is 0 Å². The topological polar surface area (TPSA) is 55.1 Å². The molecule has 2 aromatic rings. The Labute approximate surface area is 75.8 Å². The molecule has 0 fully saturated rings. The summed E-state index contributed by atoms with van der Waals surface area (Å²) in [5.41, 5.74) is 2.07. The second kappa shape index (κ2) is 2.69. The molecular formula is C8H11N5. The minimum atomic E-state index is 0.632. The molecule has 0 amide bonds. The number of hydrogen-bond donors (Lipinski definition) is 1. The van der Waals surface area contributed by atoms with E-state index in [0.717, 1.165) is 17.1 Å². The predicted octanol–water partition coefficient (Wildman–Crippen LogP) is 0.783. The first-order chi connectivity index (χ1) is 6.24. The smallest absolute Gasteiger partial charge is 0.254 e. The van der Waals surface area contributed by atoms with Crippen LogP contribution in [0.1, 0.15) is 11.3 Å². The van der Waals surface area contributed by atoms with Gasteiger partial charge in [0, 0.05) is 18.3 Å². The zero-order chi connectivity index (χ0) is 9.42. The first-order valence-electron chi connectivity index (χ1n) is 4.08. The van der Waals surface area contributed by atoms with Crippen LogP contribution in [0.5, 0.6) is 0 Å². The summed E-state index contributed by atoms with van der Waals surface area (Å²) in [6.07, 6.45) is 1.50. The van der Waals surface area contributed by atoms with Crippen molar-refractivity contribution < 1.29 is 0 Å². The van der Waals surface area contributed by atoms with E-state index in [9.17, 15) is 0 Å². The molecule has 0 unspecified atom stereocenters. The molecule has 5 nitrogen and oxygen atoms in total. The molecule has 0 aliphatic rings. The minimum Gasteiger partial charge on any atom is -0.373 e. The number of nitrogens with one attached hydrogen (secondary N) is 1. The van der Waals surface area contributed by atoms with Gasteiger partial charge in [-0.2, -0.15) is 14.6 Å². The van der Waals surface area contributed by atoms with Crippen LogP contribution in [0.4, 0.5) is 5.82 Å². The lowest BCUT2D eigenvalue weighted by Gasteiger charge is -2.08. The van der Waals surface area contributed by atoms with Gasteiger partial charge in [-0.3, -0.25) is 0 Å². The summed E-state index contributed by atoms with van der Waals surface area (Å²) < 4.78 is 1.70. The van der Waals surface area contributed by atoms with Crippen molar-refractivity contribution in [2.45, 2.75) is 13.8 Å². The van der Waals surface area contributed by atoms with Crippen LogP contribution >= 0.6 is 0 Å². The molecule has 0 spiro atoms. The van der Waals surface area contributed by atoms with Crippen molar-refractivity contribution in [1.82, 2.24) is 19.6 Å². The van der Waals surface area contributed by atoms with E-state index in [-0.39, 0.29) is 0 Å². The Morgan fingerprint density at radius 2 is 2.15 bits per heavy atom. The maximum absolute atomic E-state index is 4.29. The maximum Gasteiger partial charge on any atom is 0.254 e. The fourth-order valence-electron chi connectivity index (χ4n) is 1.33. The summed E-state index contributed by atoms with van der Waals surface area (Å²) in [5.74, 6) is 1.58. The first-order valence-corrected chi connectivity index (χ1v) is 4.08. The maximum atomic E-state index is 4.29. The molecule has 0 aliphatic carbocycles. The molecule has 5 heteroatoms. The molecule has 2 aromatic heterocycles. The molecule has 1 N–H and O–H groups in total. The van der Waals surface area contributed by atoms with Gasteiger partial charge in [-0.15, -0.1) is 0 Å². The highest BCUT2D eigenvalue weighted by molar-refractivity contribution is 5.51. The largest absolute Gasteiger partial charge is 0.373 e. The Kier molecular flexibility index (Phi) is 1.65. The summed E-state index contributed by atoms with van der Waals surface area (Å²) >= 11 is 0. The summed E-state index contributed by atoms with van der Waals surface area (Å²) in [4.78, 5) is 8.32.